The molecular weight excluding hydrogens is 260 g/mol. The predicted octanol–water partition coefficient (Wildman–Crippen LogP) is 4.08. The van der Waals surface area contributed by atoms with E-state index in [1.165, 1.54) is 19.3 Å². The van der Waals surface area contributed by atoms with Crippen molar-refractivity contribution in [2.45, 2.75) is 45.6 Å². The van der Waals surface area contributed by atoms with Gasteiger partial charge < -0.3 is 10.6 Å². The van der Waals surface area contributed by atoms with Crippen LogP contribution in [0.1, 0.15) is 49.9 Å². The summed E-state index contributed by atoms with van der Waals surface area (Å²) in [6, 6.07) is 5.64. The highest BCUT2D eigenvalue weighted by molar-refractivity contribution is 6.33. The molecule has 1 atom stereocenters. The SMILES string of the molecule is CCCCCC(C)Nc1cc(C(=O)NC)ccc1Cl. The van der Waals surface area contributed by atoms with Crippen molar-refractivity contribution in [1.82, 2.24) is 5.32 Å². The number of carbonyl (C=O) groups excluding carboxylic acids is 1. The Balaban J connectivity index is 2.68. The lowest BCUT2D eigenvalue weighted by Crippen LogP contribution is -2.19. The van der Waals surface area contributed by atoms with Gasteiger partial charge in [-0.25, -0.2) is 0 Å². The number of hydrogen-bond acceptors (Lipinski definition) is 2. The molecule has 1 aromatic carbocycles. The molecule has 2 N–H and O–H groups in total. The molecule has 3 nitrogen and oxygen atoms in total. The fourth-order valence-electron chi connectivity index (χ4n) is 1.96. The van der Waals surface area contributed by atoms with Crippen LogP contribution in [0.15, 0.2) is 18.2 Å². The molecule has 0 spiro atoms. The Kier molecular flexibility index (Phi) is 6.71. The fourth-order valence-corrected chi connectivity index (χ4v) is 2.13. The largest absolute Gasteiger partial charge is 0.381 e. The highest BCUT2D eigenvalue weighted by atomic mass is 35.5. The van der Waals surface area contributed by atoms with Crippen molar-refractivity contribution < 1.29 is 4.79 Å². The zero-order valence-electron chi connectivity index (χ0n) is 11.9. The molecule has 0 bridgehead atoms. The van der Waals surface area contributed by atoms with Gasteiger partial charge in [0.05, 0.1) is 10.7 Å². The first-order valence-corrected chi connectivity index (χ1v) is 7.24. The first kappa shape index (κ1) is 15.8. The number of halogens is 1. The van der Waals surface area contributed by atoms with E-state index in [0.717, 1.165) is 12.1 Å². The van der Waals surface area contributed by atoms with Crippen molar-refractivity contribution in [3.63, 3.8) is 0 Å². The third-order valence-electron chi connectivity index (χ3n) is 3.10. The lowest BCUT2D eigenvalue weighted by Gasteiger charge is -2.17. The summed E-state index contributed by atoms with van der Waals surface area (Å²) in [4.78, 5) is 11.6. The molecule has 0 aliphatic rings. The molecule has 0 aromatic heterocycles. The Bertz CT molecular complexity index is 421. The molecule has 1 rings (SSSR count). The van der Waals surface area contributed by atoms with Gasteiger partial charge in [0.15, 0.2) is 0 Å². The van der Waals surface area contributed by atoms with Crippen molar-refractivity contribution in [2.24, 2.45) is 0 Å². The molecule has 1 amide bonds. The zero-order valence-corrected chi connectivity index (χ0v) is 12.7. The Hall–Kier alpha value is -1.22. The molecular formula is C15H23ClN2O. The molecule has 1 aromatic rings. The number of amides is 1. The van der Waals surface area contributed by atoms with Gasteiger partial charge in [-0.2, -0.15) is 0 Å². The lowest BCUT2D eigenvalue weighted by atomic mass is 10.1. The van der Waals surface area contributed by atoms with E-state index in [0.29, 0.717) is 16.6 Å². The Morgan fingerprint density at radius 1 is 1.37 bits per heavy atom. The van der Waals surface area contributed by atoms with Gasteiger partial charge in [0, 0.05) is 18.7 Å². The number of benzene rings is 1. The van der Waals surface area contributed by atoms with Crippen molar-refractivity contribution in [2.75, 3.05) is 12.4 Å². The minimum absolute atomic E-state index is 0.0987. The van der Waals surface area contributed by atoms with Crippen molar-refractivity contribution in [3.8, 4) is 0 Å². The maximum Gasteiger partial charge on any atom is 0.251 e. The van der Waals surface area contributed by atoms with E-state index in [-0.39, 0.29) is 5.91 Å². The number of carbonyl (C=O) groups is 1. The number of unbranched alkanes of at least 4 members (excludes halogenated alkanes) is 2. The molecule has 0 fully saturated rings. The quantitative estimate of drug-likeness (QED) is 0.740. The number of anilines is 1. The van der Waals surface area contributed by atoms with Gasteiger partial charge in [0.2, 0.25) is 0 Å². The summed E-state index contributed by atoms with van der Waals surface area (Å²) in [7, 11) is 1.62. The minimum atomic E-state index is -0.0987. The normalized spacial score (nSPS) is 12.0. The number of hydrogen-bond donors (Lipinski definition) is 2. The molecule has 0 aliphatic carbocycles. The van der Waals surface area contributed by atoms with E-state index < -0.39 is 0 Å². The molecule has 19 heavy (non-hydrogen) atoms. The first-order valence-electron chi connectivity index (χ1n) is 6.86. The second-order valence-electron chi connectivity index (χ2n) is 4.81. The average Bonchev–Trinajstić information content (AvgIpc) is 2.40. The highest BCUT2D eigenvalue weighted by Gasteiger charge is 2.09. The number of nitrogens with one attached hydrogen (secondary N) is 2. The van der Waals surface area contributed by atoms with E-state index in [4.69, 9.17) is 11.6 Å². The van der Waals surface area contributed by atoms with Crippen LogP contribution in [0, 0.1) is 0 Å². The maximum atomic E-state index is 11.6. The van der Waals surface area contributed by atoms with Crippen LogP contribution in [-0.4, -0.2) is 19.0 Å². The maximum absolute atomic E-state index is 11.6. The van der Waals surface area contributed by atoms with Gasteiger partial charge in [-0.05, 0) is 31.5 Å². The van der Waals surface area contributed by atoms with E-state index in [2.05, 4.69) is 24.5 Å². The van der Waals surface area contributed by atoms with E-state index in [1.807, 2.05) is 0 Å². The zero-order chi connectivity index (χ0) is 14.3. The molecule has 0 radical (unpaired) electrons. The van der Waals surface area contributed by atoms with Crippen LogP contribution in [-0.2, 0) is 0 Å². The van der Waals surface area contributed by atoms with Crippen molar-refractivity contribution in [1.29, 1.82) is 0 Å². The molecule has 0 saturated carbocycles. The summed E-state index contributed by atoms with van der Waals surface area (Å²) >= 11 is 6.16. The first-order chi connectivity index (χ1) is 9.08. The standard InChI is InChI=1S/C15H23ClN2O/c1-4-5-6-7-11(2)18-14-10-12(15(19)17-3)8-9-13(14)16/h8-11,18H,4-7H2,1-3H3,(H,17,19). The second kappa shape index (κ2) is 8.05. The number of rotatable bonds is 7. The van der Waals surface area contributed by atoms with Crippen molar-refractivity contribution >= 4 is 23.2 Å². The summed E-state index contributed by atoms with van der Waals surface area (Å²) in [6.07, 6.45) is 4.78. The average molecular weight is 283 g/mol. The van der Waals surface area contributed by atoms with Gasteiger partial charge in [-0.3, -0.25) is 4.79 Å². The van der Waals surface area contributed by atoms with E-state index in [1.54, 1.807) is 25.2 Å². The van der Waals surface area contributed by atoms with Gasteiger partial charge in [-0.1, -0.05) is 37.8 Å². The van der Waals surface area contributed by atoms with Crippen molar-refractivity contribution in [3.05, 3.63) is 28.8 Å². The fraction of sp³-hybridized carbons (Fsp3) is 0.533. The third kappa shape index (κ3) is 5.11. The van der Waals surface area contributed by atoms with Gasteiger partial charge >= 0.3 is 0 Å². The Morgan fingerprint density at radius 2 is 2.11 bits per heavy atom. The smallest absolute Gasteiger partial charge is 0.251 e. The second-order valence-corrected chi connectivity index (χ2v) is 5.22. The molecule has 106 valence electrons. The van der Waals surface area contributed by atoms with E-state index in [9.17, 15) is 4.79 Å². The Labute approximate surface area is 120 Å². The van der Waals surface area contributed by atoms with Crippen LogP contribution in [0.3, 0.4) is 0 Å². The Morgan fingerprint density at radius 3 is 2.74 bits per heavy atom. The van der Waals surface area contributed by atoms with Gasteiger partial charge in [0.25, 0.3) is 5.91 Å². The molecule has 0 saturated heterocycles. The molecule has 0 heterocycles. The van der Waals surface area contributed by atoms with E-state index >= 15 is 0 Å². The predicted molar refractivity (Wildman–Crippen MR) is 82.1 cm³/mol. The van der Waals surface area contributed by atoms with Crippen LogP contribution in [0.2, 0.25) is 5.02 Å². The summed E-state index contributed by atoms with van der Waals surface area (Å²) in [5.74, 6) is -0.0987. The van der Waals surface area contributed by atoms with Crippen LogP contribution >= 0.6 is 11.6 Å². The topological polar surface area (TPSA) is 41.1 Å². The monoisotopic (exact) mass is 282 g/mol. The molecule has 4 heteroatoms. The summed E-state index contributed by atoms with van der Waals surface area (Å²) in [6.45, 7) is 4.33. The summed E-state index contributed by atoms with van der Waals surface area (Å²) in [5.41, 5.74) is 1.45. The molecule has 1 unspecified atom stereocenters. The summed E-state index contributed by atoms with van der Waals surface area (Å²) in [5, 5.41) is 6.64. The van der Waals surface area contributed by atoms with Crippen LogP contribution in [0.5, 0.6) is 0 Å². The van der Waals surface area contributed by atoms with Crippen LogP contribution < -0.4 is 10.6 Å². The highest BCUT2D eigenvalue weighted by Crippen LogP contribution is 2.24. The lowest BCUT2D eigenvalue weighted by molar-refractivity contribution is 0.0963. The summed E-state index contributed by atoms with van der Waals surface area (Å²) < 4.78 is 0. The van der Waals surface area contributed by atoms with Crippen LogP contribution in [0.4, 0.5) is 5.69 Å². The van der Waals surface area contributed by atoms with Gasteiger partial charge in [0.1, 0.15) is 0 Å². The third-order valence-corrected chi connectivity index (χ3v) is 3.43. The van der Waals surface area contributed by atoms with Gasteiger partial charge in [-0.15, -0.1) is 0 Å². The molecule has 0 aliphatic heterocycles. The van der Waals surface area contributed by atoms with Crippen LogP contribution in [0.25, 0.3) is 0 Å². The minimum Gasteiger partial charge on any atom is -0.381 e.